The number of methoxy groups -OCH3 is 1. The molecule has 8 nitrogen and oxygen atoms in total. The van der Waals surface area contributed by atoms with Gasteiger partial charge < -0.3 is 19.5 Å². The van der Waals surface area contributed by atoms with Crippen molar-refractivity contribution in [1.29, 1.82) is 0 Å². The third kappa shape index (κ3) is 5.52. The molecule has 1 spiro atoms. The number of aromatic nitrogens is 3. The molecule has 240 valence electrons. The van der Waals surface area contributed by atoms with Gasteiger partial charge in [0.15, 0.2) is 5.60 Å². The fourth-order valence-electron chi connectivity index (χ4n) is 7.76. The summed E-state index contributed by atoms with van der Waals surface area (Å²) in [6.07, 6.45) is 4.16. The molecule has 1 unspecified atom stereocenters. The molecular formula is C36H41IN4O4Si. The first-order valence-electron chi connectivity index (χ1n) is 15.8. The van der Waals surface area contributed by atoms with Gasteiger partial charge in [-0.05, 0) is 70.4 Å². The predicted molar refractivity (Wildman–Crippen MR) is 191 cm³/mol. The molecule has 4 aromatic rings. The first-order chi connectivity index (χ1) is 22.1. The molecule has 0 saturated carbocycles. The van der Waals surface area contributed by atoms with Crippen molar-refractivity contribution in [3.8, 4) is 5.75 Å². The first kappa shape index (κ1) is 32.6. The third-order valence-corrected chi connectivity index (χ3v) is 15.1. The SMILES string of the molecule is C=CCN1C(=O)[C@@]2(O[C@@H](CCn3cc(C(CO)c4ccccc4)nn3)[C@H]([Si](C)(C)c3ccc(OC)cc3)[C@H]2C)c2cc(I)ccc21. The zero-order valence-corrected chi connectivity index (χ0v) is 29.9. The highest BCUT2D eigenvalue weighted by Gasteiger charge is 2.66. The Balaban J connectivity index is 1.37. The van der Waals surface area contributed by atoms with E-state index in [1.54, 1.807) is 13.2 Å². The van der Waals surface area contributed by atoms with Crippen LogP contribution in [-0.2, 0) is 21.7 Å². The summed E-state index contributed by atoms with van der Waals surface area (Å²) in [7, 11) is -0.577. The van der Waals surface area contributed by atoms with Crippen LogP contribution in [0.4, 0.5) is 5.69 Å². The van der Waals surface area contributed by atoms with Gasteiger partial charge in [-0.1, -0.05) is 79.0 Å². The Labute approximate surface area is 285 Å². The van der Waals surface area contributed by atoms with Gasteiger partial charge in [0.2, 0.25) is 0 Å². The minimum atomic E-state index is -2.26. The van der Waals surface area contributed by atoms with Crippen molar-refractivity contribution in [2.45, 2.75) is 56.1 Å². The molecule has 2 aliphatic rings. The number of nitrogens with zero attached hydrogens (tertiary/aromatic N) is 4. The topological polar surface area (TPSA) is 89.7 Å². The summed E-state index contributed by atoms with van der Waals surface area (Å²) in [6, 6.07) is 24.5. The number of anilines is 1. The average molecular weight is 749 g/mol. The summed E-state index contributed by atoms with van der Waals surface area (Å²) in [5, 5.41) is 20.4. The van der Waals surface area contributed by atoms with E-state index in [1.165, 1.54) is 5.19 Å². The van der Waals surface area contributed by atoms with Gasteiger partial charge in [0.1, 0.15) is 5.75 Å². The molecule has 3 aromatic carbocycles. The Morgan fingerprint density at radius 3 is 2.57 bits per heavy atom. The van der Waals surface area contributed by atoms with Gasteiger partial charge in [-0.2, -0.15) is 0 Å². The van der Waals surface area contributed by atoms with E-state index in [4.69, 9.17) is 9.47 Å². The van der Waals surface area contributed by atoms with Crippen molar-refractivity contribution in [2.75, 3.05) is 25.2 Å². The number of aliphatic hydroxyl groups is 1. The number of fused-ring (bicyclic) bond motifs is 2. The van der Waals surface area contributed by atoms with Crippen LogP contribution in [0.1, 0.15) is 36.1 Å². The van der Waals surface area contributed by atoms with Crippen LogP contribution >= 0.6 is 22.6 Å². The highest BCUT2D eigenvalue weighted by molar-refractivity contribution is 14.1. The Morgan fingerprint density at radius 1 is 1.15 bits per heavy atom. The van der Waals surface area contributed by atoms with E-state index in [9.17, 15) is 9.90 Å². The second kappa shape index (κ2) is 13.1. The Morgan fingerprint density at radius 2 is 1.89 bits per heavy atom. The van der Waals surface area contributed by atoms with E-state index in [1.807, 2.05) is 70.4 Å². The number of carbonyl (C=O) groups excluding carboxylic acids is 1. The number of benzene rings is 3. The highest BCUT2D eigenvalue weighted by Crippen LogP contribution is 2.60. The third-order valence-electron chi connectivity index (χ3n) is 10.0. The normalized spacial score (nSPS) is 23.1. The van der Waals surface area contributed by atoms with Crippen molar-refractivity contribution >= 4 is 47.4 Å². The number of ether oxygens (including phenoxy) is 2. The molecule has 0 aliphatic carbocycles. The van der Waals surface area contributed by atoms with Gasteiger partial charge in [-0.15, -0.1) is 11.7 Å². The molecule has 3 heterocycles. The maximum absolute atomic E-state index is 14.6. The number of amides is 1. The average Bonchev–Trinajstić information content (AvgIpc) is 3.71. The van der Waals surface area contributed by atoms with Gasteiger partial charge in [0.05, 0.1) is 45.2 Å². The van der Waals surface area contributed by atoms with Crippen LogP contribution in [0.2, 0.25) is 18.6 Å². The molecule has 6 rings (SSSR count). The predicted octanol–water partition coefficient (Wildman–Crippen LogP) is 5.85. The number of halogens is 1. The van der Waals surface area contributed by atoms with Crippen molar-refractivity contribution in [3.63, 3.8) is 0 Å². The number of hydrogen-bond donors (Lipinski definition) is 1. The van der Waals surface area contributed by atoms with Crippen LogP contribution in [0.5, 0.6) is 5.75 Å². The van der Waals surface area contributed by atoms with Crippen LogP contribution in [-0.4, -0.2) is 60.4 Å². The summed E-state index contributed by atoms with van der Waals surface area (Å²) in [6.45, 7) is 11.9. The Bertz CT molecular complexity index is 1710. The van der Waals surface area contributed by atoms with Crippen LogP contribution < -0.4 is 14.8 Å². The monoisotopic (exact) mass is 748 g/mol. The molecule has 10 heteroatoms. The zero-order chi connectivity index (χ0) is 32.6. The molecule has 1 saturated heterocycles. The molecule has 5 atom stereocenters. The van der Waals surface area contributed by atoms with Gasteiger partial charge in [-0.25, -0.2) is 0 Å². The molecule has 1 amide bonds. The first-order valence-corrected chi connectivity index (χ1v) is 19.9. The number of hydrogen-bond acceptors (Lipinski definition) is 6. The van der Waals surface area contributed by atoms with E-state index in [0.717, 1.165) is 31.8 Å². The van der Waals surface area contributed by atoms with Gasteiger partial charge in [-0.3, -0.25) is 9.48 Å². The zero-order valence-electron chi connectivity index (χ0n) is 26.8. The molecule has 1 fully saturated rings. The molecule has 0 radical (unpaired) electrons. The van der Waals surface area contributed by atoms with Crippen molar-refractivity contribution < 1.29 is 19.4 Å². The fraction of sp³-hybridized carbons (Fsp3) is 0.361. The van der Waals surface area contributed by atoms with Crippen LogP contribution in [0, 0.1) is 9.49 Å². The second-order valence-electron chi connectivity index (χ2n) is 12.9. The van der Waals surface area contributed by atoms with Crippen molar-refractivity contribution in [3.05, 3.63) is 112 Å². The number of carbonyl (C=O) groups is 1. The lowest BCUT2D eigenvalue weighted by atomic mass is 9.82. The molecule has 1 N–H and O–H groups in total. The molecule has 1 aromatic heterocycles. The van der Waals surface area contributed by atoms with Gasteiger partial charge in [0.25, 0.3) is 5.91 Å². The minimum absolute atomic E-state index is 0.0133. The standard InChI is InChI=1S/C36H41IN4O4Si/c1-6-19-41-32-17-12-26(37)21-30(32)36(35(41)43)24(2)34(46(4,5)28-15-13-27(44-3)14-16-28)33(45-36)18-20-40-22-31(38-39-40)29(23-42)25-10-8-7-9-11-25/h6-17,21-22,24,29,33-34,42H,1,18-20,23H2,2-5H3/t24-,29?,33+,34-,36+/m1/s1. The molecule has 46 heavy (non-hydrogen) atoms. The van der Waals surface area contributed by atoms with Gasteiger partial charge >= 0.3 is 0 Å². The van der Waals surface area contributed by atoms with Crippen molar-refractivity contribution in [1.82, 2.24) is 15.0 Å². The maximum Gasteiger partial charge on any atom is 0.264 e. The highest BCUT2D eigenvalue weighted by atomic mass is 127. The van der Waals surface area contributed by atoms with Gasteiger partial charge in [0, 0.05) is 34.3 Å². The Kier molecular flexibility index (Phi) is 9.26. The minimum Gasteiger partial charge on any atom is -0.497 e. The van der Waals surface area contributed by atoms with Crippen molar-refractivity contribution in [2.24, 2.45) is 5.92 Å². The van der Waals surface area contributed by atoms with E-state index in [-0.39, 0.29) is 36.0 Å². The summed E-state index contributed by atoms with van der Waals surface area (Å²) in [5.41, 5.74) is 2.60. The lowest BCUT2D eigenvalue weighted by molar-refractivity contribution is -0.145. The smallest absolute Gasteiger partial charge is 0.264 e. The Hall–Kier alpha value is -3.32. The van der Waals surface area contributed by atoms with Crippen LogP contribution in [0.3, 0.4) is 0 Å². The number of aliphatic hydroxyl groups excluding tert-OH is 1. The number of aryl methyl sites for hydroxylation is 1. The number of rotatable bonds is 11. The maximum atomic E-state index is 14.6. The summed E-state index contributed by atoms with van der Waals surface area (Å²) in [4.78, 5) is 16.4. The summed E-state index contributed by atoms with van der Waals surface area (Å²) < 4.78 is 15.6. The molecule has 2 aliphatic heterocycles. The fourth-order valence-corrected chi connectivity index (χ4v) is 12.3. The van der Waals surface area contributed by atoms with E-state index in [2.05, 4.69) is 77.7 Å². The lowest BCUT2D eigenvalue weighted by Gasteiger charge is -2.37. The molecular weight excluding hydrogens is 707 g/mol. The summed E-state index contributed by atoms with van der Waals surface area (Å²) >= 11 is 2.32. The second-order valence-corrected chi connectivity index (χ2v) is 18.8. The van der Waals surface area contributed by atoms with E-state index >= 15 is 0 Å². The lowest BCUT2D eigenvalue weighted by Crippen LogP contribution is -2.51. The van der Waals surface area contributed by atoms with E-state index in [0.29, 0.717) is 19.5 Å². The van der Waals surface area contributed by atoms with Crippen LogP contribution in [0.15, 0.2) is 91.6 Å². The quantitative estimate of drug-likeness (QED) is 0.118. The largest absolute Gasteiger partial charge is 0.497 e. The van der Waals surface area contributed by atoms with E-state index < -0.39 is 13.7 Å². The van der Waals surface area contributed by atoms with Crippen LogP contribution in [0.25, 0.3) is 0 Å². The summed E-state index contributed by atoms with van der Waals surface area (Å²) in [5.74, 6) is 0.482. The molecule has 0 bridgehead atoms.